The summed E-state index contributed by atoms with van der Waals surface area (Å²) in [5.74, 6) is 1.84. The van der Waals surface area contributed by atoms with E-state index in [9.17, 15) is 4.79 Å². The van der Waals surface area contributed by atoms with Crippen LogP contribution in [-0.2, 0) is 4.79 Å². The molecule has 2 aliphatic heterocycles. The number of amides is 1. The molecule has 0 spiro atoms. The lowest BCUT2D eigenvalue weighted by Crippen LogP contribution is -2.53. The predicted molar refractivity (Wildman–Crippen MR) is 162 cm³/mol. The van der Waals surface area contributed by atoms with Crippen LogP contribution in [0.3, 0.4) is 0 Å². The van der Waals surface area contributed by atoms with Crippen LogP contribution in [0.25, 0.3) is 11.3 Å². The van der Waals surface area contributed by atoms with Crippen molar-refractivity contribution in [2.45, 2.75) is 18.9 Å². The second kappa shape index (κ2) is 12.5. The number of ether oxygens (including phenoxy) is 1. The molecule has 3 heterocycles. The van der Waals surface area contributed by atoms with Gasteiger partial charge in [-0.25, -0.2) is 0 Å². The standard InChI is InChI=1S/C34H37N5O2/c1-41-31-17-9-8-16-29(31)30-18-19-32(36-35-30)39-20-10-15-28(25-39)34(40)38-23-21-37(22-24-38)33(26-11-4-2-5-12-26)27-13-6-3-7-14-27/h2-9,11-14,16-19,28,33H,10,15,20-25H2,1H3. The number of rotatable bonds is 7. The number of aromatic nitrogens is 2. The molecule has 0 aliphatic carbocycles. The van der Waals surface area contributed by atoms with E-state index >= 15 is 0 Å². The van der Waals surface area contributed by atoms with E-state index in [1.807, 2.05) is 36.4 Å². The quantitative estimate of drug-likeness (QED) is 0.313. The topological polar surface area (TPSA) is 61.8 Å². The molecule has 41 heavy (non-hydrogen) atoms. The number of benzene rings is 3. The van der Waals surface area contributed by atoms with Crippen LogP contribution in [0.2, 0.25) is 0 Å². The van der Waals surface area contributed by atoms with Gasteiger partial charge in [0, 0.05) is 44.8 Å². The fourth-order valence-electron chi connectivity index (χ4n) is 6.22. The average Bonchev–Trinajstić information content (AvgIpc) is 3.06. The molecule has 6 rings (SSSR count). The second-order valence-corrected chi connectivity index (χ2v) is 10.8. The molecule has 0 saturated carbocycles. The van der Waals surface area contributed by atoms with E-state index in [4.69, 9.17) is 4.74 Å². The van der Waals surface area contributed by atoms with Crippen LogP contribution in [0.5, 0.6) is 5.75 Å². The molecule has 4 aromatic rings. The van der Waals surface area contributed by atoms with Gasteiger partial charge in [-0.15, -0.1) is 10.2 Å². The molecule has 7 heteroatoms. The van der Waals surface area contributed by atoms with Gasteiger partial charge in [0.25, 0.3) is 0 Å². The van der Waals surface area contributed by atoms with Gasteiger partial charge >= 0.3 is 0 Å². The predicted octanol–water partition coefficient (Wildman–Crippen LogP) is 5.30. The van der Waals surface area contributed by atoms with E-state index in [1.54, 1.807) is 7.11 Å². The summed E-state index contributed by atoms with van der Waals surface area (Å²) in [6, 6.07) is 33.4. The van der Waals surface area contributed by atoms with Crippen molar-refractivity contribution in [3.05, 3.63) is 108 Å². The molecular formula is C34H37N5O2. The Kier molecular flexibility index (Phi) is 8.23. The van der Waals surface area contributed by atoms with Crippen molar-refractivity contribution >= 4 is 11.7 Å². The summed E-state index contributed by atoms with van der Waals surface area (Å²) in [4.78, 5) is 20.5. The summed E-state index contributed by atoms with van der Waals surface area (Å²) in [6.45, 7) is 4.77. The van der Waals surface area contributed by atoms with E-state index in [0.29, 0.717) is 6.54 Å². The molecule has 1 amide bonds. The maximum atomic E-state index is 13.7. The fraction of sp³-hybridized carbons (Fsp3) is 0.324. The van der Waals surface area contributed by atoms with Crippen molar-refractivity contribution in [3.8, 4) is 17.0 Å². The Morgan fingerprint density at radius 2 is 1.44 bits per heavy atom. The minimum atomic E-state index is -0.0231. The summed E-state index contributed by atoms with van der Waals surface area (Å²) in [7, 11) is 1.66. The van der Waals surface area contributed by atoms with E-state index in [1.165, 1.54) is 11.1 Å². The molecule has 0 N–H and O–H groups in total. The second-order valence-electron chi connectivity index (χ2n) is 10.8. The van der Waals surface area contributed by atoms with E-state index in [2.05, 4.69) is 85.6 Å². The SMILES string of the molecule is COc1ccccc1-c1ccc(N2CCCC(C(=O)N3CCN(C(c4ccccc4)c4ccccc4)CC3)C2)nn1. The number of piperidine rings is 1. The van der Waals surface area contributed by atoms with Crippen LogP contribution in [0.15, 0.2) is 97.1 Å². The van der Waals surface area contributed by atoms with Crippen LogP contribution < -0.4 is 9.64 Å². The first-order valence-electron chi connectivity index (χ1n) is 14.6. The van der Waals surface area contributed by atoms with Gasteiger partial charge in [-0.05, 0) is 48.2 Å². The highest BCUT2D eigenvalue weighted by Crippen LogP contribution is 2.31. The monoisotopic (exact) mass is 547 g/mol. The van der Waals surface area contributed by atoms with Crippen LogP contribution in [-0.4, -0.2) is 72.3 Å². The molecule has 2 aliphatic rings. The fourth-order valence-corrected chi connectivity index (χ4v) is 6.22. The molecule has 1 aromatic heterocycles. The largest absolute Gasteiger partial charge is 0.496 e. The Bertz CT molecular complexity index is 1380. The molecular weight excluding hydrogens is 510 g/mol. The van der Waals surface area contributed by atoms with Gasteiger partial charge in [0.15, 0.2) is 5.82 Å². The number of piperazine rings is 1. The van der Waals surface area contributed by atoms with Gasteiger partial charge in [0.1, 0.15) is 5.75 Å². The average molecular weight is 548 g/mol. The highest BCUT2D eigenvalue weighted by Gasteiger charge is 2.33. The van der Waals surface area contributed by atoms with E-state index in [-0.39, 0.29) is 17.9 Å². The Labute approximate surface area is 242 Å². The summed E-state index contributed by atoms with van der Waals surface area (Å²) < 4.78 is 5.49. The first-order valence-corrected chi connectivity index (χ1v) is 14.6. The van der Waals surface area contributed by atoms with Crippen LogP contribution in [0, 0.1) is 5.92 Å². The Morgan fingerprint density at radius 1 is 0.780 bits per heavy atom. The molecule has 2 fully saturated rings. The third-order valence-corrected chi connectivity index (χ3v) is 8.35. The maximum absolute atomic E-state index is 13.7. The van der Waals surface area contributed by atoms with Crippen molar-refractivity contribution < 1.29 is 9.53 Å². The molecule has 1 atom stereocenters. The molecule has 2 saturated heterocycles. The first kappa shape index (κ1) is 27.0. The molecule has 3 aromatic carbocycles. The van der Waals surface area contributed by atoms with E-state index < -0.39 is 0 Å². The van der Waals surface area contributed by atoms with Crippen molar-refractivity contribution in [2.75, 3.05) is 51.3 Å². The third-order valence-electron chi connectivity index (χ3n) is 8.35. The van der Waals surface area contributed by atoms with Crippen molar-refractivity contribution in [1.29, 1.82) is 0 Å². The number of carbonyl (C=O) groups is 1. The molecule has 0 bridgehead atoms. The number of methoxy groups -OCH3 is 1. The van der Waals surface area contributed by atoms with E-state index in [0.717, 1.165) is 68.4 Å². The lowest BCUT2D eigenvalue weighted by atomic mass is 9.95. The minimum absolute atomic E-state index is 0.0231. The third kappa shape index (κ3) is 5.95. The maximum Gasteiger partial charge on any atom is 0.227 e. The van der Waals surface area contributed by atoms with Crippen LogP contribution in [0.1, 0.15) is 30.0 Å². The number of anilines is 1. The molecule has 7 nitrogen and oxygen atoms in total. The zero-order valence-electron chi connectivity index (χ0n) is 23.6. The smallest absolute Gasteiger partial charge is 0.227 e. The first-order chi connectivity index (χ1) is 20.2. The Balaban J connectivity index is 1.09. The number of carbonyl (C=O) groups excluding carboxylic acids is 1. The van der Waals surface area contributed by atoms with Crippen LogP contribution >= 0.6 is 0 Å². The number of hydrogen-bond acceptors (Lipinski definition) is 6. The van der Waals surface area contributed by atoms with Gasteiger partial charge in [-0.1, -0.05) is 72.8 Å². The van der Waals surface area contributed by atoms with Gasteiger partial charge in [0.2, 0.25) is 5.91 Å². The minimum Gasteiger partial charge on any atom is -0.496 e. The number of para-hydroxylation sites is 1. The van der Waals surface area contributed by atoms with Gasteiger partial charge in [-0.3, -0.25) is 9.69 Å². The summed E-state index contributed by atoms with van der Waals surface area (Å²) in [5, 5.41) is 9.03. The lowest BCUT2D eigenvalue weighted by Gasteiger charge is -2.42. The van der Waals surface area contributed by atoms with Crippen molar-refractivity contribution in [2.24, 2.45) is 5.92 Å². The lowest BCUT2D eigenvalue weighted by molar-refractivity contribution is -0.137. The summed E-state index contributed by atoms with van der Waals surface area (Å²) >= 11 is 0. The Morgan fingerprint density at radius 3 is 2.07 bits per heavy atom. The summed E-state index contributed by atoms with van der Waals surface area (Å²) in [5.41, 5.74) is 4.28. The van der Waals surface area contributed by atoms with Crippen molar-refractivity contribution in [1.82, 2.24) is 20.0 Å². The van der Waals surface area contributed by atoms with Gasteiger partial charge in [0.05, 0.1) is 24.8 Å². The Hall–Kier alpha value is -4.23. The van der Waals surface area contributed by atoms with Gasteiger partial charge in [-0.2, -0.15) is 0 Å². The van der Waals surface area contributed by atoms with Crippen molar-refractivity contribution in [3.63, 3.8) is 0 Å². The molecule has 210 valence electrons. The normalized spacial score (nSPS) is 18.0. The zero-order valence-corrected chi connectivity index (χ0v) is 23.6. The molecule has 1 unspecified atom stereocenters. The highest BCUT2D eigenvalue weighted by molar-refractivity contribution is 5.80. The van der Waals surface area contributed by atoms with Gasteiger partial charge < -0.3 is 14.5 Å². The zero-order chi connectivity index (χ0) is 28.0. The van der Waals surface area contributed by atoms with Crippen LogP contribution in [0.4, 0.5) is 5.82 Å². The number of nitrogens with zero attached hydrogens (tertiary/aromatic N) is 5. The molecule has 0 radical (unpaired) electrons. The highest BCUT2D eigenvalue weighted by atomic mass is 16.5. The number of hydrogen-bond donors (Lipinski definition) is 0. The summed E-state index contributed by atoms with van der Waals surface area (Å²) in [6.07, 6.45) is 1.88.